The van der Waals surface area contributed by atoms with Crippen molar-refractivity contribution in [2.45, 2.75) is 19.6 Å². The monoisotopic (exact) mass is 312 g/mol. The van der Waals surface area contributed by atoms with Crippen LogP contribution < -0.4 is 5.32 Å². The van der Waals surface area contributed by atoms with Crippen LogP contribution in [-0.4, -0.2) is 41.3 Å². The molecule has 2 aromatic rings. The molecule has 0 spiro atoms. The van der Waals surface area contributed by atoms with Gasteiger partial charge in [0, 0.05) is 24.3 Å². The first-order chi connectivity index (χ1) is 8.67. The van der Waals surface area contributed by atoms with Gasteiger partial charge in [0.05, 0.1) is 12.6 Å². The molecule has 0 saturated carbocycles. The molecule has 0 fully saturated rings. The van der Waals surface area contributed by atoms with Crippen molar-refractivity contribution in [3.63, 3.8) is 0 Å². The number of aryl methyl sites for hydroxylation is 1. The van der Waals surface area contributed by atoms with Gasteiger partial charge in [0.15, 0.2) is 5.65 Å². The second-order valence-corrected chi connectivity index (χ2v) is 5.00. The number of pyridine rings is 1. The number of rotatable bonds is 5. The molecule has 1 atom stereocenters. The van der Waals surface area contributed by atoms with Crippen molar-refractivity contribution in [2.24, 2.45) is 0 Å². The van der Waals surface area contributed by atoms with Crippen molar-refractivity contribution >= 4 is 27.1 Å². The Balaban J connectivity index is 2.40. The van der Waals surface area contributed by atoms with E-state index in [1.807, 2.05) is 20.0 Å². The summed E-state index contributed by atoms with van der Waals surface area (Å²) in [7, 11) is 3.64. The maximum atomic E-state index is 5.46. The third kappa shape index (κ3) is 2.55. The number of methoxy groups -OCH3 is 1. The van der Waals surface area contributed by atoms with E-state index in [4.69, 9.17) is 4.74 Å². The molecule has 0 saturated heterocycles. The summed E-state index contributed by atoms with van der Waals surface area (Å²) < 4.78 is 8.60. The van der Waals surface area contributed by atoms with E-state index < -0.39 is 0 Å². The van der Waals surface area contributed by atoms with Gasteiger partial charge in [0.2, 0.25) is 0 Å². The summed E-state index contributed by atoms with van der Waals surface area (Å²) in [6.07, 6.45) is 1.86. The number of fused-ring (bicyclic) bond motifs is 1. The van der Waals surface area contributed by atoms with Crippen molar-refractivity contribution in [3.8, 4) is 0 Å². The van der Waals surface area contributed by atoms with Crippen LogP contribution in [0.1, 0.15) is 5.82 Å². The number of nitrogens with one attached hydrogen (secondary N) is 1. The van der Waals surface area contributed by atoms with Gasteiger partial charge in [-0.1, -0.05) is 0 Å². The Morgan fingerprint density at radius 3 is 3.00 bits per heavy atom. The minimum atomic E-state index is 0.109. The Morgan fingerprint density at radius 1 is 1.56 bits per heavy atom. The lowest BCUT2D eigenvalue weighted by Crippen LogP contribution is -2.30. The minimum Gasteiger partial charge on any atom is -0.378 e. The molecule has 2 rings (SSSR count). The van der Waals surface area contributed by atoms with Crippen LogP contribution in [0.5, 0.6) is 0 Å². The molecule has 0 bridgehead atoms. The summed E-state index contributed by atoms with van der Waals surface area (Å²) in [6, 6.07) is 1.93. The summed E-state index contributed by atoms with van der Waals surface area (Å²) >= 11 is 3.55. The molecular formula is C12H17BrN4O. The quantitative estimate of drug-likeness (QED) is 0.913. The highest BCUT2D eigenvalue weighted by atomic mass is 79.9. The van der Waals surface area contributed by atoms with Gasteiger partial charge in [-0.2, -0.15) is 0 Å². The molecule has 0 amide bonds. The summed E-state index contributed by atoms with van der Waals surface area (Å²) in [5.74, 6) is 0.947. The average molecular weight is 313 g/mol. The molecule has 1 unspecified atom stereocenters. The topological polar surface area (TPSA) is 52.0 Å². The normalized spacial score (nSPS) is 13.1. The van der Waals surface area contributed by atoms with E-state index in [0.717, 1.165) is 34.6 Å². The zero-order chi connectivity index (χ0) is 13.1. The first-order valence-corrected chi connectivity index (χ1v) is 6.61. The maximum absolute atomic E-state index is 5.46. The van der Waals surface area contributed by atoms with E-state index in [-0.39, 0.29) is 6.10 Å². The number of hydrogen-bond donors (Lipinski definition) is 1. The van der Waals surface area contributed by atoms with Gasteiger partial charge in [-0.15, -0.1) is 0 Å². The van der Waals surface area contributed by atoms with Crippen molar-refractivity contribution in [1.82, 2.24) is 19.9 Å². The highest BCUT2D eigenvalue weighted by Crippen LogP contribution is 2.23. The molecule has 6 heteroatoms. The molecule has 0 aliphatic rings. The smallest absolute Gasteiger partial charge is 0.179 e. The molecule has 98 valence electrons. The number of ether oxygens (including phenoxy) is 1. The highest BCUT2D eigenvalue weighted by Gasteiger charge is 2.15. The number of likely N-dealkylation sites (N-methyl/N-ethyl adjacent to an activating group) is 1. The van der Waals surface area contributed by atoms with Gasteiger partial charge in [-0.25, -0.2) is 9.97 Å². The fraction of sp³-hybridized carbons (Fsp3) is 0.500. The zero-order valence-electron chi connectivity index (χ0n) is 10.8. The lowest BCUT2D eigenvalue weighted by Gasteiger charge is -2.17. The summed E-state index contributed by atoms with van der Waals surface area (Å²) in [6.45, 7) is 3.54. The van der Waals surface area contributed by atoms with Crippen LogP contribution >= 0.6 is 15.9 Å². The molecule has 1 N–H and O–H groups in total. The number of hydrogen-bond acceptors (Lipinski definition) is 4. The van der Waals surface area contributed by atoms with Gasteiger partial charge in [-0.3, -0.25) is 0 Å². The predicted octanol–water partition coefficient (Wildman–Crippen LogP) is 1.74. The van der Waals surface area contributed by atoms with Crippen molar-refractivity contribution in [3.05, 3.63) is 22.6 Å². The van der Waals surface area contributed by atoms with Crippen molar-refractivity contribution in [1.29, 1.82) is 0 Å². The van der Waals surface area contributed by atoms with E-state index in [9.17, 15) is 0 Å². The van der Waals surface area contributed by atoms with Gasteiger partial charge < -0.3 is 14.6 Å². The second kappa shape index (κ2) is 5.77. The Hall–Kier alpha value is -0.980. The standard InChI is InChI=1S/C12H17BrN4O/c1-8-16-12-11(10(13)4-5-15-12)17(8)7-9(18-3)6-14-2/h4-5,9,14H,6-7H2,1-3H3. The van der Waals surface area contributed by atoms with E-state index in [1.54, 1.807) is 13.3 Å². The SMILES string of the molecule is CNCC(Cn1c(C)nc2nccc(Br)c21)OC. The van der Waals surface area contributed by atoms with Gasteiger partial charge in [-0.05, 0) is 36.0 Å². The van der Waals surface area contributed by atoms with Crippen molar-refractivity contribution in [2.75, 3.05) is 20.7 Å². The lowest BCUT2D eigenvalue weighted by atomic mass is 10.3. The summed E-state index contributed by atoms with van der Waals surface area (Å²) in [4.78, 5) is 8.75. The zero-order valence-corrected chi connectivity index (χ0v) is 12.4. The minimum absolute atomic E-state index is 0.109. The van der Waals surface area contributed by atoms with Crippen LogP contribution in [0.4, 0.5) is 0 Å². The first-order valence-electron chi connectivity index (χ1n) is 5.82. The van der Waals surface area contributed by atoms with Gasteiger partial charge >= 0.3 is 0 Å². The fourth-order valence-electron chi connectivity index (χ4n) is 2.00. The largest absolute Gasteiger partial charge is 0.378 e. The molecule has 18 heavy (non-hydrogen) atoms. The number of imidazole rings is 1. The predicted molar refractivity (Wildman–Crippen MR) is 74.7 cm³/mol. The molecule has 0 aliphatic heterocycles. The van der Waals surface area contributed by atoms with Gasteiger partial charge in [0.25, 0.3) is 0 Å². The van der Waals surface area contributed by atoms with Crippen molar-refractivity contribution < 1.29 is 4.74 Å². The molecular weight excluding hydrogens is 296 g/mol. The highest BCUT2D eigenvalue weighted by molar-refractivity contribution is 9.10. The Bertz CT molecular complexity index is 540. The van der Waals surface area contributed by atoms with Crippen LogP contribution in [-0.2, 0) is 11.3 Å². The third-order valence-electron chi connectivity index (χ3n) is 2.94. The molecule has 0 radical (unpaired) electrons. The lowest BCUT2D eigenvalue weighted by molar-refractivity contribution is 0.0892. The summed E-state index contributed by atoms with van der Waals surface area (Å²) in [5.41, 5.74) is 1.79. The molecule has 0 aliphatic carbocycles. The summed E-state index contributed by atoms with van der Waals surface area (Å²) in [5, 5.41) is 3.13. The van der Waals surface area contributed by atoms with Crippen LogP contribution in [0, 0.1) is 6.92 Å². The van der Waals surface area contributed by atoms with E-state index in [0.29, 0.717) is 0 Å². The van der Waals surface area contributed by atoms with Gasteiger partial charge in [0.1, 0.15) is 11.3 Å². The van der Waals surface area contributed by atoms with Crippen LogP contribution in [0.3, 0.4) is 0 Å². The second-order valence-electron chi connectivity index (χ2n) is 4.15. The average Bonchev–Trinajstić information content (AvgIpc) is 2.66. The Labute approximate surface area is 115 Å². The fourth-order valence-corrected chi connectivity index (χ4v) is 2.51. The molecule has 0 aromatic carbocycles. The third-order valence-corrected chi connectivity index (χ3v) is 3.58. The molecule has 5 nitrogen and oxygen atoms in total. The van der Waals surface area contributed by atoms with Crippen LogP contribution in [0.15, 0.2) is 16.7 Å². The van der Waals surface area contributed by atoms with Crippen LogP contribution in [0.2, 0.25) is 0 Å². The Morgan fingerprint density at radius 2 is 2.33 bits per heavy atom. The number of nitrogens with zero attached hydrogens (tertiary/aromatic N) is 3. The van der Waals surface area contributed by atoms with E-state index >= 15 is 0 Å². The molecule has 2 aromatic heterocycles. The van der Waals surface area contributed by atoms with Crippen LogP contribution in [0.25, 0.3) is 11.2 Å². The number of halogens is 1. The first kappa shape index (κ1) is 13.5. The Kier molecular flexibility index (Phi) is 4.31. The van der Waals surface area contributed by atoms with E-state index in [1.165, 1.54) is 0 Å². The molecule has 2 heterocycles. The van der Waals surface area contributed by atoms with E-state index in [2.05, 4.69) is 35.8 Å². The maximum Gasteiger partial charge on any atom is 0.179 e. The number of aromatic nitrogens is 3.